The number of fused-ring (bicyclic) bond motifs is 1. The van der Waals surface area contributed by atoms with Crippen LogP contribution in [0.2, 0.25) is 0 Å². The average molecular weight is 378 g/mol. The van der Waals surface area contributed by atoms with Crippen LogP contribution in [0.3, 0.4) is 0 Å². The maximum absolute atomic E-state index is 14.1. The summed E-state index contributed by atoms with van der Waals surface area (Å²) in [4.78, 5) is 28.2. The van der Waals surface area contributed by atoms with Gasteiger partial charge in [0.05, 0.1) is 11.4 Å². The highest BCUT2D eigenvalue weighted by Crippen LogP contribution is 2.33. The monoisotopic (exact) mass is 378 g/mol. The fraction of sp³-hybridized carbons (Fsp3) is 0.474. The summed E-state index contributed by atoms with van der Waals surface area (Å²) in [5.74, 6) is -1.18. The number of nitrogens with zero attached hydrogens (tertiary/aromatic N) is 2. The lowest BCUT2D eigenvalue weighted by Crippen LogP contribution is -2.37. The van der Waals surface area contributed by atoms with Gasteiger partial charge in [0.1, 0.15) is 5.82 Å². The molecular formula is C19H23FN2O3S. The summed E-state index contributed by atoms with van der Waals surface area (Å²) >= 11 is 1.34. The number of aliphatic carboxylic acids is 1. The van der Waals surface area contributed by atoms with Gasteiger partial charge < -0.3 is 10.0 Å². The van der Waals surface area contributed by atoms with E-state index in [1.54, 1.807) is 13.0 Å². The van der Waals surface area contributed by atoms with Crippen LogP contribution < -0.4 is 0 Å². The second kappa shape index (κ2) is 7.72. The Morgan fingerprint density at radius 2 is 2.12 bits per heavy atom. The second-order valence-corrected chi connectivity index (χ2v) is 7.91. The Bertz CT molecular complexity index is 836. The first-order chi connectivity index (χ1) is 12.4. The number of hydrogen-bond acceptors (Lipinski definition) is 4. The van der Waals surface area contributed by atoms with Crippen LogP contribution in [0.1, 0.15) is 34.5 Å². The molecule has 2 aromatic rings. The van der Waals surface area contributed by atoms with Crippen LogP contribution in [-0.4, -0.2) is 59.5 Å². The Morgan fingerprint density at radius 3 is 2.81 bits per heavy atom. The molecule has 1 aliphatic rings. The number of carboxylic acids is 1. The van der Waals surface area contributed by atoms with Gasteiger partial charge in [0.25, 0.3) is 5.91 Å². The Morgan fingerprint density at radius 1 is 1.35 bits per heavy atom. The van der Waals surface area contributed by atoms with Gasteiger partial charge in [-0.15, -0.1) is 11.3 Å². The first kappa shape index (κ1) is 18.8. The van der Waals surface area contributed by atoms with Gasteiger partial charge in [0, 0.05) is 29.2 Å². The van der Waals surface area contributed by atoms with E-state index in [0.717, 1.165) is 24.0 Å². The molecule has 3 rings (SSSR count). The predicted octanol–water partition coefficient (Wildman–Crippen LogP) is 3.36. The summed E-state index contributed by atoms with van der Waals surface area (Å²) in [6.07, 6.45) is 2.44. The van der Waals surface area contributed by atoms with Crippen molar-refractivity contribution in [3.05, 3.63) is 34.5 Å². The molecule has 2 heterocycles. The molecule has 1 aromatic heterocycles. The van der Waals surface area contributed by atoms with Gasteiger partial charge in [0.2, 0.25) is 0 Å². The fourth-order valence-corrected chi connectivity index (χ4v) is 4.86. The zero-order valence-corrected chi connectivity index (χ0v) is 15.8. The van der Waals surface area contributed by atoms with E-state index in [4.69, 9.17) is 5.11 Å². The molecule has 1 aliphatic heterocycles. The highest BCUT2D eigenvalue weighted by molar-refractivity contribution is 7.21. The summed E-state index contributed by atoms with van der Waals surface area (Å²) in [6, 6.07) is 5.08. The van der Waals surface area contributed by atoms with Crippen molar-refractivity contribution in [3.63, 3.8) is 0 Å². The highest BCUT2D eigenvalue weighted by atomic mass is 32.1. The molecule has 1 amide bonds. The van der Waals surface area contributed by atoms with E-state index < -0.39 is 5.97 Å². The minimum absolute atomic E-state index is 0.00725. The van der Waals surface area contributed by atoms with E-state index in [2.05, 4.69) is 0 Å². The molecule has 1 aromatic carbocycles. The van der Waals surface area contributed by atoms with E-state index in [1.807, 2.05) is 22.9 Å². The van der Waals surface area contributed by atoms with Gasteiger partial charge in [-0.05, 0) is 50.9 Å². The third kappa shape index (κ3) is 3.73. The van der Waals surface area contributed by atoms with Crippen molar-refractivity contribution in [2.75, 3.05) is 26.7 Å². The number of aryl methyl sites for hydroxylation is 1. The number of carboxylic acid groups (broad SMARTS) is 1. The zero-order valence-electron chi connectivity index (χ0n) is 15.0. The van der Waals surface area contributed by atoms with Crippen LogP contribution >= 0.6 is 11.3 Å². The second-order valence-electron chi connectivity index (χ2n) is 6.85. The number of carbonyl (C=O) groups is 2. The molecule has 1 N–H and O–H groups in total. The minimum Gasteiger partial charge on any atom is -0.480 e. The zero-order chi connectivity index (χ0) is 18.8. The quantitative estimate of drug-likeness (QED) is 0.886. The summed E-state index contributed by atoms with van der Waals surface area (Å²) in [6.45, 7) is 3.04. The fourth-order valence-electron chi connectivity index (χ4n) is 3.67. The van der Waals surface area contributed by atoms with Gasteiger partial charge >= 0.3 is 5.97 Å². The molecule has 1 saturated heterocycles. The summed E-state index contributed by atoms with van der Waals surface area (Å²) < 4.78 is 14.9. The predicted molar refractivity (Wildman–Crippen MR) is 100 cm³/mol. The molecule has 1 unspecified atom stereocenters. The number of carbonyl (C=O) groups excluding carboxylic acids is 1. The summed E-state index contributed by atoms with van der Waals surface area (Å²) in [5, 5.41) is 9.50. The normalized spacial score (nSPS) is 18.3. The van der Waals surface area contributed by atoms with Crippen LogP contribution in [0.25, 0.3) is 10.1 Å². The lowest BCUT2D eigenvalue weighted by molar-refractivity contribution is -0.138. The molecule has 26 heavy (non-hydrogen) atoms. The molecule has 140 valence electrons. The summed E-state index contributed by atoms with van der Waals surface area (Å²) in [5.41, 5.74) is 0.705. The van der Waals surface area contributed by atoms with Crippen LogP contribution in [0.5, 0.6) is 0 Å². The van der Waals surface area contributed by atoms with E-state index in [1.165, 1.54) is 17.4 Å². The smallest absolute Gasteiger partial charge is 0.317 e. The number of hydrogen-bond donors (Lipinski definition) is 1. The van der Waals surface area contributed by atoms with Crippen molar-refractivity contribution in [3.8, 4) is 0 Å². The van der Waals surface area contributed by atoms with Gasteiger partial charge in [-0.2, -0.15) is 0 Å². The Labute approximate surface area is 156 Å². The van der Waals surface area contributed by atoms with E-state index >= 15 is 0 Å². The molecule has 1 atom stereocenters. The molecule has 5 nitrogen and oxygen atoms in total. The van der Waals surface area contributed by atoms with Crippen LogP contribution in [0.15, 0.2) is 18.2 Å². The Balaban J connectivity index is 1.76. The first-order valence-corrected chi connectivity index (χ1v) is 9.59. The molecule has 0 spiro atoms. The number of benzene rings is 1. The highest BCUT2D eigenvalue weighted by Gasteiger charge is 2.27. The van der Waals surface area contributed by atoms with Crippen molar-refractivity contribution in [1.82, 2.24) is 9.80 Å². The SMILES string of the molecule is Cc1c(C(=O)N2CCCC(N(C)CC(=O)O)CC2)sc2cccc(F)c12. The van der Waals surface area contributed by atoms with E-state index in [-0.39, 0.29) is 24.3 Å². The molecule has 1 fully saturated rings. The van der Waals surface area contributed by atoms with Crippen LogP contribution in [0.4, 0.5) is 4.39 Å². The van der Waals surface area contributed by atoms with Gasteiger partial charge in [-0.3, -0.25) is 14.5 Å². The Kier molecular flexibility index (Phi) is 5.58. The van der Waals surface area contributed by atoms with Gasteiger partial charge in [-0.25, -0.2) is 4.39 Å². The third-order valence-corrected chi connectivity index (χ3v) is 6.34. The van der Waals surface area contributed by atoms with Gasteiger partial charge in [0.15, 0.2) is 0 Å². The largest absolute Gasteiger partial charge is 0.480 e. The third-order valence-electron chi connectivity index (χ3n) is 5.09. The maximum atomic E-state index is 14.1. The maximum Gasteiger partial charge on any atom is 0.317 e. The molecule has 0 bridgehead atoms. The molecule has 7 heteroatoms. The summed E-state index contributed by atoms with van der Waals surface area (Å²) in [7, 11) is 1.81. The van der Waals surface area contributed by atoms with Crippen molar-refractivity contribution < 1.29 is 19.1 Å². The number of rotatable bonds is 4. The lowest BCUT2D eigenvalue weighted by atomic mass is 10.1. The van der Waals surface area contributed by atoms with E-state index in [0.29, 0.717) is 28.9 Å². The molecule has 0 saturated carbocycles. The van der Waals surface area contributed by atoms with Crippen LogP contribution in [-0.2, 0) is 4.79 Å². The van der Waals surface area contributed by atoms with Crippen molar-refractivity contribution in [1.29, 1.82) is 0 Å². The Hall–Kier alpha value is -1.99. The standard InChI is InChI=1S/C19H23FN2O3S/c1-12-17-14(20)6-3-7-15(17)26-18(12)19(25)22-9-4-5-13(8-10-22)21(2)11-16(23)24/h3,6-7,13H,4-5,8-11H2,1-2H3,(H,23,24). The van der Waals surface area contributed by atoms with Crippen molar-refractivity contribution >= 4 is 33.3 Å². The van der Waals surface area contributed by atoms with Crippen LogP contribution in [0, 0.1) is 12.7 Å². The molecule has 0 aliphatic carbocycles. The topological polar surface area (TPSA) is 60.9 Å². The average Bonchev–Trinajstić information content (AvgIpc) is 2.78. The number of halogens is 1. The lowest BCUT2D eigenvalue weighted by Gasteiger charge is -2.25. The molecular weight excluding hydrogens is 355 g/mol. The van der Waals surface area contributed by atoms with Crippen molar-refractivity contribution in [2.24, 2.45) is 0 Å². The van der Waals surface area contributed by atoms with Gasteiger partial charge in [-0.1, -0.05) is 6.07 Å². The minimum atomic E-state index is -0.840. The number of likely N-dealkylation sites (N-methyl/N-ethyl adjacent to an activating group) is 1. The number of thiophene rings is 1. The number of likely N-dealkylation sites (tertiary alicyclic amines) is 1. The number of amides is 1. The molecule has 0 radical (unpaired) electrons. The first-order valence-electron chi connectivity index (χ1n) is 8.77. The van der Waals surface area contributed by atoms with Crippen molar-refractivity contribution in [2.45, 2.75) is 32.2 Å². The van der Waals surface area contributed by atoms with E-state index in [9.17, 15) is 14.0 Å².